The third-order valence-corrected chi connectivity index (χ3v) is 9.72. The van der Waals surface area contributed by atoms with E-state index in [0.717, 1.165) is 27.5 Å². The minimum absolute atomic E-state index is 0.417. The predicted molar refractivity (Wildman–Crippen MR) is 191 cm³/mol. The molecule has 0 fully saturated rings. The van der Waals surface area contributed by atoms with E-state index in [1.165, 1.54) is 20.2 Å². The first-order valence-corrected chi connectivity index (χ1v) is 16.1. The molecule has 0 unspecified atom stereocenters. The standard InChI is InChI=1S/C41H21N5OS/c42-22-24-7-3-9-27(19-24)39-44-40(28-10-4-8-25(20-28)23-43)46-41(45-39)33-14-5-13-32-37-29(12-6-15-34(37)47-38(32)33)26-17-18-31-30-11-1-2-16-35(30)48-36(31)21-26/h1-21H. The lowest BCUT2D eigenvalue weighted by Gasteiger charge is -2.09. The van der Waals surface area contributed by atoms with Crippen LogP contribution in [0, 0.1) is 22.7 Å². The Kier molecular flexibility index (Phi) is 6.33. The zero-order valence-electron chi connectivity index (χ0n) is 25.2. The molecule has 0 N–H and O–H groups in total. The maximum atomic E-state index is 9.56. The quantitative estimate of drug-likeness (QED) is 0.192. The third kappa shape index (κ3) is 4.50. The Balaban J connectivity index is 1.26. The van der Waals surface area contributed by atoms with Gasteiger partial charge in [-0.05, 0) is 59.7 Å². The van der Waals surface area contributed by atoms with E-state index in [4.69, 9.17) is 19.4 Å². The van der Waals surface area contributed by atoms with E-state index >= 15 is 0 Å². The number of benzene rings is 6. The van der Waals surface area contributed by atoms with Gasteiger partial charge in [0.2, 0.25) is 0 Å². The van der Waals surface area contributed by atoms with Gasteiger partial charge < -0.3 is 4.42 Å². The van der Waals surface area contributed by atoms with Crippen LogP contribution in [-0.4, -0.2) is 15.0 Å². The number of fused-ring (bicyclic) bond motifs is 6. The molecule has 3 heterocycles. The first kappa shape index (κ1) is 27.6. The van der Waals surface area contributed by atoms with Crippen molar-refractivity contribution in [3.05, 3.63) is 139 Å². The van der Waals surface area contributed by atoms with Crippen molar-refractivity contribution in [3.8, 4) is 57.4 Å². The first-order chi connectivity index (χ1) is 23.7. The number of thiophene rings is 1. The number of furan rings is 1. The van der Waals surface area contributed by atoms with Crippen LogP contribution in [0.2, 0.25) is 0 Å². The molecule has 48 heavy (non-hydrogen) atoms. The predicted octanol–water partition coefficient (Wildman–Crippen LogP) is 10.6. The summed E-state index contributed by atoms with van der Waals surface area (Å²) in [6, 6.07) is 46.1. The minimum Gasteiger partial charge on any atom is -0.455 e. The summed E-state index contributed by atoms with van der Waals surface area (Å²) in [7, 11) is 0. The van der Waals surface area contributed by atoms with Crippen LogP contribution < -0.4 is 0 Å². The Morgan fingerprint density at radius 1 is 0.500 bits per heavy atom. The fourth-order valence-corrected chi connectivity index (χ4v) is 7.51. The summed E-state index contributed by atoms with van der Waals surface area (Å²) < 4.78 is 9.13. The number of nitrogens with zero attached hydrogens (tertiary/aromatic N) is 5. The van der Waals surface area contributed by atoms with Gasteiger partial charge in [-0.3, -0.25) is 0 Å². The van der Waals surface area contributed by atoms with Gasteiger partial charge in [-0.2, -0.15) is 10.5 Å². The molecule has 9 rings (SSSR count). The second kappa shape index (κ2) is 11.0. The molecule has 3 aromatic heterocycles. The molecule has 0 saturated heterocycles. The van der Waals surface area contributed by atoms with Crippen molar-refractivity contribution < 1.29 is 4.42 Å². The first-order valence-electron chi connectivity index (χ1n) is 15.3. The summed E-state index contributed by atoms with van der Waals surface area (Å²) in [6.45, 7) is 0. The number of para-hydroxylation sites is 1. The zero-order valence-corrected chi connectivity index (χ0v) is 26.0. The summed E-state index contributed by atoms with van der Waals surface area (Å²) in [5.74, 6) is 1.26. The van der Waals surface area contributed by atoms with Crippen LogP contribution in [0.1, 0.15) is 11.1 Å². The molecule has 0 bridgehead atoms. The Bertz CT molecular complexity index is 2760. The van der Waals surface area contributed by atoms with Gasteiger partial charge in [0.05, 0.1) is 28.8 Å². The smallest absolute Gasteiger partial charge is 0.167 e. The Hall–Kier alpha value is -6.67. The summed E-state index contributed by atoms with van der Waals surface area (Å²) >= 11 is 1.80. The van der Waals surface area contributed by atoms with E-state index in [1.54, 1.807) is 35.6 Å². The lowest BCUT2D eigenvalue weighted by molar-refractivity contribution is 0.669. The van der Waals surface area contributed by atoms with E-state index in [9.17, 15) is 10.5 Å². The molecule has 0 atom stereocenters. The molecule has 0 spiro atoms. The fourth-order valence-electron chi connectivity index (χ4n) is 6.37. The van der Waals surface area contributed by atoms with Gasteiger partial charge >= 0.3 is 0 Å². The van der Waals surface area contributed by atoms with E-state index < -0.39 is 0 Å². The topological polar surface area (TPSA) is 99.4 Å². The van der Waals surface area contributed by atoms with Crippen molar-refractivity contribution in [3.63, 3.8) is 0 Å². The summed E-state index contributed by atoms with van der Waals surface area (Å²) in [5.41, 5.74) is 6.73. The SMILES string of the molecule is N#Cc1cccc(-c2nc(-c3cccc(C#N)c3)nc(-c3cccc4c3oc3cccc(-c5ccc6c(c5)sc5ccccc56)c34)n2)c1. The van der Waals surface area contributed by atoms with Gasteiger partial charge in [0.25, 0.3) is 0 Å². The van der Waals surface area contributed by atoms with Crippen LogP contribution >= 0.6 is 11.3 Å². The molecular weight excluding hydrogens is 611 g/mol. The van der Waals surface area contributed by atoms with Crippen molar-refractivity contribution in [1.29, 1.82) is 10.5 Å². The van der Waals surface area contributed by atoms with Gasteiger partial charge in [-0.15, -0.1) is 11.3 Å². The number of aromatic nitrogens is 3. The molecule has 7 heteroatoms. The lowest BCUT2D eigenvalue weighted by Crippen LogP contribution is -2.00. The highest BCUT2D eigenvalue weighted by molar-refractivity contribution is 7.25. The van der Waals surface area contributed by atoms with Gasteiger partial charge in [0.15, 0.2) is 17.5 Å². The fraction of sp³-hybridized carbons (Fsp3) is 0. The molecular formula is C41H21N5OS. The molecule has 0 aliphatic heterocycles. The van der Waals surface area contributed by atoms with Gasteiger partial charge in [0.1, 0.15) is 11.2 Å². The lowest BCUT2D eigenvalue weighted by atomic mass is 9.98. The second-order valence-corrected chi connectivity index (χ2v) is 12.5. The highest BCUT2D eigenvalue weighted by atomic mass is 32.1. The van der Waals surface area contributed by atoms with Crippen LogP contribution in [0.3, 0.4) is 0 Å². The van der Waals surface area contributed by atoms with Gasteiger partial charge in [-0.25, -0.2) is 15.0 Å². The van der Waals surface area contributed by atoms with Crippen molar-refractivity contribution in [2.75, 3.05) is 0 Å². The van der Waals surface area contributed by atoms with Crippen LogP contribution in [0.15, 0.2) is 132 Å². The minimum atomic E-state index is 0.417. The zero-order chi connectivity index (χ0) is 32.2. The highest BCUT2D eigenvalue weighted by Crippen LogP contribution is 2.42. The number of nitriles is 2. The van der Waals surface area contributed by atoms with Gasteiger partial charge in [-0.1, -0.05) is 78.9 Å². The average Bonchev–Trinajstić information content (AvgIpc) is 3.73. The number of rotatable bonds is 4. The van der Waals surface area contributed by atoms with Crippen molar-refractivity contribution >= 4 is 53.4 Å². The normalized spacial score (nSPS) is 11.3. The number of hydrogen-bond donors (Lipinski definition) is 0. The second-order valence-electron chi connectivity index (χ2n) is 11.5. The van der Waals surface area contributed by atoms with Crippen LogP contribution in [0.25, 0.3) is 87.4 Å². The van der Waals surface area contributed by atoms with E-state index in [1.807, 2.05) is 48.5 Å². The molecule has 0 amide bonds. The molecule has 0 radical (unpaired) electrons. The van der Waals surface area contributed by atoms with Crippen molar-refractivity contribution in [2.24, 2.45) is 0 Å². The molecule has 6 aromatic carbocycles. The Morgan fingerprint density at radius 2 is 1.12 bits per heavy atom. The third-order valence-electron chi connectivity index (χ3n) is 8.59. The summed E-state index contributed by atoms with van der Waals surface area (Å²) in [4.78, 5) is 14.6. The van der Waals surface area contributed by atoms with E-state index in [-0.39, 0.29) is 0 Å². The number of hydrogen-bond acceptors (Lipinski definition) is 7. The van der Waals surface area contributed by atoms with E-state index in [2.05, 4.69) is 66.7 Å². The molecule has 0 aliphatic carbocycles. The molecule has 0 aliphatic rings. The highest BCUT2D eigenvalue weighted by Gasteiger charge is 2.20. The van der Waals surface area contributed by atoms with Gasteiger partial charge in [0, 0.05) is 42.1 Å². The largest absolute Gasteiger partial charge is 0.455 e. The molecule has 6 nitrogen and oxygen atoms in total. The Morgan fingerprint density at radius 3 is 1.88 bits per heavy atom. The van der Waals surface area contributed by atoms with Crippen molar-refractivity contribution in [2.45, 2.75) is 0 Å². The molecule has 9 aromatic rings. The monoisotopic (exact) mass is 631 g/mol. The van der Waals surface area contributed by atoms with Crippen LogP contribution in [-0.2, 0) is 0 Å². The van der Waals surface area contributed by atoms with Crippen LogP contribution in [0.4, 0.5) is 0 Å². The average molecular weight is 632 g/mol. The maximum Gasteiger partial charge on any atom is 0.167 e. The maximum absolute atomic E-state index is 9.56. The van der Waals surface area contributed by atoms with Crippen LogP contribution in [0.5, 0.6) is 0 Å². The Labute approximate surface area is 278 Å². The molecule has 0 saturated carbocycles. The summed E-state index contributed by atoms with van der Waals surface area (Å²) in [5, 5.41) is 23.6. The molecule has 222 valence electrons. The van der Waals surface area contributed by atoms with Crippen molar-refractivity contribution in [1.82, 2.24) is 15.0 Å². The summed E-state index contributed by atoms with van der Waals surface area (Å²) in [6.07, 6.45) is 0. The van der Waals surface area contributed by atoms with E-state index in [0.29, 0.717) is 50.9 Å².